The Hall–Kier alpha value is -2.63. The van der Waals surface area contributed by atoms with Crippen molar-refractivity contribution >= 4 is 29.2 Å². The van der Waals surface area contributed by atoms with E-state index in [9.17, 15) is 19.5 Å². The van der Waals surface area contributed by atoms with Crippen molar-refractivity contribution in [1.29, 1.82) is 0 Å². The van der Waals surface area contributed by atoms with E-state index in [1.165, 1.54) is 6.92 Å². The van der Waals surface area contributed by atoms with Crippen LogP contribution in [0.3, 0.4) is 0 Å². The molecule has 0 saturated heterocycles. The zero-order valence-electron chi connectivity index (χ0n) is 12.7. The van der Waals surface area contributed by atoms with Crippen LogP contribution in [0.2, 0.25) is 0 Å². The topological polar surface area (TPSA) is 95.5 Å². The van der Waals surface area contributed by atoms with Gasteiger partial charge in [0.15, 0.2) is 0 Å². The maximum Gasteiger partial charge on any atom is 0.307 e. The van der Waals surface area contributed by atoms with Crippen LogP contribution in [-0.2, 0) is 14.4 Å². The van der Waals surface area contributed by atoms with Gasteiger partial charge in [-0.1, -0.05) is 18.2 Å². The number of rotatable bonds is 4. The average molecular weight is 314 g/mol. The minimum atomic E-state index is -0.922. The van der Waals surface area contributed by atoms with Gasteiger partial charge in [0.05, 0.1) is 11.8 Å². The van der Waals surface area contributed by atoms with Crippen molar-refractivity contribution in [3.05, 3.63) is 36.4 Å². The van der Waals surface area contributed by atoms with Gasteiger partial charge in [0.1, 0.15) is 0 Å². The summed E-state index contributed by atoms with van der Waals surface area (Å²) in [5, 5.41) is 14.8. The lowest BCUT2D eigenvalue weighted by molar-refractivity contribution is -0.146. The first-order valence-corrected chi connectivity index (χ1v) is 7.55. The van der Waals surface area contributed by atoms with Crippen LogP contribution in [0.25, 0.3) is 0 Å². The molecule has 120 valence electrons. The second-order valence-electron chi connectivity index (χ2n) is 6.09. The number of benzene rings is 1. The first-order chi connectivity index (χ1) is 11.0. The Morgan fingerprint density at radius 3 is 2.26 bits per heavy atom. The number of hydrogen-bond donors (Lipinski definition) is 3. The molecule has 0 heterocycles. The summed E-state index contributed by atoms with van der Waals surface area (Å²) in [6.07, 6.45) is 4.58. The maximum atomic E-state index is 12.6. The average Bonchev–Trinajstić information content (AvgIpc) is 3.07. The summed E-state index contributed by atoms with van der Waals surface area (Å²) in [7, 11) is 0. The number of carbonyl (C=O) groups excluding carboxylic acids is 2. The van der Waals surface area contributed by atoms with E-state index in [-0.39, 0.29) is 23.7 Å². The summed E-state index contributed by atoms with van der Waals surface area (Å²) in [4.78, 5) is 35.1. The third kappa shape index (κ3) is 2.97. The van der Waals surface area contributed by atoms with Crippen LogP contribution in [0.4, 0.5) is 11.4 Å². The number of allylic oxidation sites excluding steroid dienone is 2. The van der Waals surface area contributed by atoms with E-state index < -0.39 is 17.8 Å². The highest BCUT2D eigenvalue weighted by molar-refractivity contribution is 5.97. The fraction of sp³-hybridized carbons (Fsp3) is 0.353. The molecule has 1 aromatic carbocycles. The van der Waals surface area contributed by atoms with E-state index in [0.29, 0.717) is 11.4 Å². The van der Waals surface area contributed by atoms with Crippen molar-refractivity contribution < 1.29 is 19.5 Å². The number of carbonyl (C=O) groups is 3. The number of aliphatic carboxylic acids is 1. The van der Waals surface area contributed by atoms with Gasteiger partial charge in [0.2, 0.25) is 11.8 Å². The molecule has 0 aliphatic heterocycles. The Labute approximate surface area is 133 Å². The second-order valence-corrected chi connectivity index (χ2v) is 6.09. The number of nitrogens with one attached hydrogen (secondary N) is 2. The summed E-state index contributed by atoms with van der Waals surface area (Å²) in [6.45, 7) is 1.41. The van der Waals surface area contributed by atoms with Crippen molar-refractivity contribution in [3.63, 3.8) is 0 Å². The molecule has 6 nitrogen and oxygen atoms in total. The molecule has 0 unspecified atom stereocenters. The first-order valence-electron chi connectivity index (χ1n) is 7.55. The summed E-state index contributed by atoms with van der Waals surface area (Å²) in [6, 6.07) is 6.80. The molecular formula is C17H18N2O4. The molecule has 1 saturated carbocycles. The zero-order chi connectivity index (χ0) is 16.6. The van der Waals surface area contributed by atoms with Gasteiger partial charge in [-0.2, -0.15) is 0 Å². The van der Waals surface area contributed by atoms with Gasteiger partial charge in [0.25, 0.3) is 0 Å². The Balaban J connectivity index is 1.75. The molecule has 2 aliphatic carbocycles. The van der Waals surface area contributed by atoms with Crippen LogP contribution in [0.15, 0.2) is 36.4 Å². The highest BCUT2D eigenvalue weighted by atomic mass is 16.4. The maximum absolute atomic E-state index is 12.6. The molecule has 23 heavy (non-hydrogen) atoms. The highest BCUT2D eigenvalue weighted by Gasteiger charge is 2.51. The molecule has 6 heteroatoms. The molecule has 3 N–H and O–H groups in total. The third-order valence-electron chi connectivity index (χ3n) is 4.50. The molecule has 0 radical (unpaired) electrons. The molecule has 3 rings (SSSR count). The van der Waals surface area contributed by atoms with Crippen molar-refractivity contribution in [2.75, 3.05) is 10.6 Å². The molecule has 4 atom stereocenters. The standard InChI is InChI=1S/C17H18N2O4/c1-9(20)18-12-3-2-4-13(8-12)19-16(21)14-10-5-6-11(7-10)15(14)17(22)23/h2-6,8,10-11,14-15H,7H2,1H3,(H,18,20)(H,19,21)(H,22,23)/t10-,11+,14-,15+/m1/s1. The lowest BCUT2D eigenvalue weighted by Gasteiger charge is -2.24. The quantitative estimate of drug-likeness (QED) is 0.742. The van der Waals surface area contributed by atoms with Gasteiger partial charge in [-0.25, -0.2) is 0 Å². The van der Waals surface area contributed by atoms with Crippen LogP contribution in [0, 0.1) is 23.7 Å². The molecule has 2 aliphatic rings. The van der Waals surface area contributed by atoms with Crippen molar-refractivity contribution in [2.24, 2.45) is 23.7 Å². The van der Waals surface area contributed by atoms with Gasteiger partial charge in [-0.3, -0.25) is 14.4 Å². The van der Waals surface area contributed by atoms with Crippen LogP contribution < -0.4 is 10.6 Å². The van der Waals surface area contributed by atoms with Crippen LogP contribution >= 0.6 is 0 Å². The van der Waals surface area contributed by atoms with E-state index >= 15 is 0 Å². The molecule has 0 spiro atoms. The fourth-order valence-corrected chi connectivity index (χ4v) is 3.62. The van der Waals surface area contributed by atoms with E-state index in [2.05, 4.69) is 10.6 Å². The smallest absolute Gasteiger partial charge is 0.307 e. The predicted molar refractivity (Wildman–Crippen MR) is 84.7 cm³/mol. The number of carboxylic acid groups (broad SMARTS) is 1. The Morgan fingerprint density at radius 1 is 1.04 bits per heavy atom. The van der Waals surface area contributed by atoms with Crippen LogP contribution in [-0.4, -0.2) is 22.9 Å². The van der Waals surface area contributed by atoms with E-state index in [1.807, 2.05) is 12.2 Å². The molecule has 1 fully saturated rings. The largest absolute Gasteiger partial charge is 0.481 e. The summed E-state index contributed by atoms with van der Waals surface area (Å²) < 4.78 is 0. The third-order valence-corrected chi connectivity index (χ3v) is 4.50. The number of anilines is 2. The monoisotopic (exact) mass is 314 g/mol. The molecule has 2 amide bonds. The number of fused-ring (bicyclic) bond motifs is 2. The van der Waals surface area contributed by atoms with Crippen molar-refractivity contribution in [3.8, 4) is 0 Å². The normalized spacial score (nSPS) is 27.7. The Bertz CT molecular complexity index is 698. The fourth-order valence-electron chi connectivity index (χ4n) is 3.62. The van der Waals surface area contributed by atoms with Gasteiger partial charge in [0, 0.05) is 18.3 Å². The van der Waals surface area contributed by atoms with Gasteiger partial charge >= 0.3 is 5.97 Å². The first kappa shape index (κ1) is 15.3. The zero-order valence-corrected chi connectivity index (χ0v) is 12.7. The van der Waals surface area contributed by atoms with Crippen LogP contribution in [0.1, 0.15) is 13.3 Å². The summed E-state index contributed by atoms with van der Waals surface area (Å²) in [5.41, 5.74) is 1.12. The highest BCUT2D eigenvalue weighted by Crippen LogP contribution is 2.48. The van der Waals surface area contributed by atoms with Crippen molar-refractivity contribution in [2.45, 2.75) is 13.3 Å². The van der Waals surface area contributed by atoms with Gasteiger partial charge < -0.3 is 15.7 Å². The molecule has 0 aromatic heterocycles. The Kier molecular flexibility index (Phi) is 3.90. The van der Waals surface area contributed by atoms with E-state index in [0.717, 1.165) is 6.42 Å². The van der Waals surface area contributed by atoms with Gasteiger partial charge in [-0.15, -0.1) is 0 Å². The van der Waals surface area contributed by atoms with Gasteiger partial charge in [-0.05, 0) is 36.5 Å². The minimum Gasteiger partial charge on any atom is -0.481 e. The Morgan fingerprint density at radius 2 is 1.65 bits per heavy atom. The van der Waals surface area contributed by atoms with E-state index in [1.54, 1.807) is 24.3 Å². The number of carboxylic acids is 1. The van der Waals surface area contributed by atoms with Crippen molar-refractivity contribution in [1.82, 2.24) is 0 Å². The SMILES string of the molecule is CC(=O)Nc1cccc(NC(=O)[C@H]2[C@@H](C(=O)O)[C@H]3C=C[C@@H]2C3)c1. The molecular weight excluding hydrogens is 296 g/mol. The predicted octanol–water partition coefficient (Wildman–Crippen LogP) is 2.11. The summed E-state index contributed by atoms with van der Waals surface area (Å²) in [5.74, 6) is -2.69. The lowest BCUT2D eigenvalue weighted by atomic mass is 9.82. The molecule has 1 aromatic rings. The lowest BCUT2D eigenvalue weighted by Crippen LogP contribution is -2.36. The molecule has 2 bridgehead atoms. The number of hydrogen-bond acceptors (Lipinski definition) is 3. The van der Waals surface area contributed by atoms with Crippen LogP contribution in [0.5, 0.6) is 0 Å². The number of amides is 2. The summed E-state index contributed by atoms with van der Waals surface area (Å²) >= 11 is 0. The minimum absolute atomic E-state index is 0.0142. The van der Waals surface area contributed by atoms with E-state index in [4.69, 9.17) is 0 Å². The second kappa shape index (κ2) is 5.87.